The van der Waals surface area contributed by atoms with Crippen LogP contribution in [0.1, 0.15) is 36.5 Å². The quantitative estimate of drug-likeness (QED) is 0.851. The van der Waals surface area contributed by atoms with E-state index in [2.05, 4.69) is 15.4 Å². The molecule has 1 aliphatic rings. The van der Waals surface area contributed by atoms with Gasteiger partial charge in [-0.2, -0.15) is 5.10 Å². The summed E-state index contributed by atoms with van der Waals surface area (Å²) >= 11 is 0. The van der Waals surface area contributed by atoms with Crippen LogP contribution in [0.4, 0.5) is 5.69 Å². The predicted molar refractivity (Wildman–Crippen MR) is 86.5 cm³/mol. The van der Waals surface area contributed by atoms with Crippen LogP contribution in [0.2, 0.25) is 0 Å². The molecule has 2 heterocycles. The number of hydrogen-bond acceptors (Lipinski definition) is 6. The van der Waals surface area contributed by atoms with Crippen molar-refractivity contribution in [2.75, 3.05) is 19.0 Å². The standard InChI is InChI=1S/C16H22N4O3/c1-4-23-16(21)13-8-17-15-12(9-18-20(15)2)14(13)19-10-5-6-11(7-10)22-3/h8-11H,4-7H2,1-3H3,(H,17,19). The molecule has 1 fully saturated rings. The summed E-state index contributed by atoms with van der Waals surface area (Å²) < 4.78 is 12.3. The Bertz CT molecular complexity index is 713. The van der Waals surface area contributed by atoms with Crippen LogP contribution in [0.25, 0.3) is 11.0 Å². The largest absolute Gasteiger partial charge is 0.462 e. The van der Waals surface area contributed by atoms with Crippen molar-refractivity contribution in [3.8, 4) is 0 Å². The lowest BCUT2D eigenvalue weighted by atomic mass is 10.1. The molecule has 2 aromatic rings. The Hall–Kier alpha value is -2.15. The maximum Gasteiger partial charge on any atom is 0.341 e. The molecular weight excluding hydrogens is 296 g/mol. The Balaban J connectivity index is 1.97. The van der Waals surface area contributed by atoms with E-state index in [4.69, 9.17) is 9.47 Å². The van der Waals surface area contributed by atoms with Gasteiger partial charge in [-0.25, -0.2) is 9.78 Å². The molecule has 7 heteroatoms. The molecule has 0 bridgehead atoms. The van der Waals surface area contributed by atoms with Crippen LogP contribution in [-0.4, -0.2) is 46.6 Å². The molecule has 1 N–H and O–H groups in total. The maximum atomic E-state index is 12.3. The van der Waals surface area contributed by atoms with Crippen molar-refractivity contribution < 1.29 is 14.3 Å². The van der Waals surface area contributed by atoms with E-state index >= 15 is 0 Å². The number of pyridine rings is 1. The van der Waals surface area contributed by atoms with Gasteiger partial charge in [0.05, 0.1) is 30.0 Å². The van der Waals surface area contributed by atoms with Gasteiger partial charge in [-0.3, -0.25) is 4.68 Å². The summed E-state index contributed by atoms with van der Waals surface area (Å²) in [7, 11) is 3.57. The van der Waals surface area contributed by atoms with Crippen LogP contribution in [0, 0.1) is 0 Å². The molecule has 23 heavy (non-hydrogen) atoms. The summed E-state index contributed by atoms with van der Waals surface area (Å²) in [6, 6.07) is 0.263. The lowest BCUT2D eigenvalue weighted by molar-refractivity contribution is 0.0527. The topological polar surface area (TPSA) is 78.3 Å². The van der Waals surface area contributed by atoms with Crippen molar-refractivity contribution in [2.45, 2.75) is 38.3 Å². The van der Waals surface area contributed by atoms with Crippen molar-refractivity contribution in [1.29, 1.82) is 0 Å². The van der Waals surface area contributed by atoms with E-state index in [-0.39, 0.29) is 18.1 Å². The van der Waals surface area contributed by atoms with Gasteiger partial charge in [0, 0.05) is 26.4 Å². The molecule has 0 radical (unpaired) electrons. The first-order valence-corrected chi connectivity index (χ1v) is 7.91. The zero-order chi connectivity index (χ0) is 16.4. The minimum atomic E-state index is -0.366. The average molecular weight is 318 g/mol. The normalized spacial score (nSPS) is 20.8. The number of fused-ring (bicyclic) bond motifs is 1. The second-order valence-corrected chi connectivity index (χ2v) is 5.78. The lowest BCUT2D eigenvalue weighted by Gasteiger charge is -2.17. The summed E-state index contributed by atoms with van der Waals surface area (Å²) in [5, 5.41) is 8.57. The number of nitrogens with zero attached hydrogens (tertiary/aromatic N) is 3. The Morgan fingerprint density at radius 1 is 1.43 bits per heavy atom. The molecule has 1 aliphatic carbocycles. The number of carbonyl (C=O) groups excluding carboxylic acids is 1. The Kier molecular flexibility index (Phi) is 4.47. The number of nitrogens with one attached hydrogen (secondary N) is 1. The van der Waals surface area contributed by atoms with Crippen LogP contribution < -0.4 is 5.32 Å². The van der Waals surface area contributed by atoms with Crippen molar-refractivity contribution in [3.05, 3.63) is 18.0 Å². The fourth-order valence-electron chi connectivity index (χ4n) is 3.10. The minimum Gasteiger partial charge on any atom is -0.462 e. The molecule has 7 nitrogen and oxygen atoms in total. The number of rotatable bonds is 5. The molecule has 1 saturated carbocycles. The maximum absolute atomic E-state index is 12.3. The van der Waals surface area contributed by atoms with Gasteiger partial charge in [0.15, 0.2) is 5.65 Å². The van der Waals surface area contributed by atoms with E-state index in [9.17, 15) is 4.79 Å². The summed E-state index contributed by atoms with van der Waals surface area (Å²) in [5.74, 6) is -0.366. The molecule has 2 aromatic heterocycles. The monoisotopic (exact) mass is 318 g/mol. The number of ether oxygens (including phenoxy) is 2. The highest BCUT2D eigenvalue weighted by Gasteiger charge is 2.27. The van der Waals surface area contributed by atoms with E-state index in [0.29, 0.717) is 12.2 Å². The molecule has 3 rings (SSSR count). The second-order valence-electron chi connectivity index (χ2n) is 5.78. The first-order chi connectivity index (χ1) is 11.1. The zero-order valence-electron chi connectivity index (χ0n) is 13.7. The van der Waals surface area contributed by atoms with Gasteiger partial charge in [-0.1, -0.05) is 0 Å². The Labute approximate surface area is 135 Å². The number of carbonyl (C=O) groups is 1. The van der Waals surface area contributed by atoms with Crippen LogP contribution in [0.15, 0.2) is 12.4 Å². The molecule has 0 saturated heterocycles. The van der Waals surface area contributed by atoms with Gasteiger partial charge in [-0.05, 0) is 26.2 Å². The fraction of sp³-hybridized carbons (Fsp3) is 0.562. The lowest BCUT2D eigenvalue weighted by Crippen LogP contribution is -2.20. The van der Waals surface area contributed by atoms with Gasteiger partial charge in [0.2, 0.25) is 0 Å². The highest BCUT2D eigenvalue weighted by atomic mass is 16.5. The van der Waals surface area contributed by atoms with Gasteiger partial charge in [0.1, 0.15) is 5.56 Å². The third kappa shape index (κ3) is 3.01. The third-order valence-electron chi connectivity index (χ3n) is 4.32. The first kappa shape index (κ1) is 15.7. The van der Waals surface area contributed by atoms with E-state index in [1.165, 1.54) is 0 Å². The van der Waals surface area contributed by atoms with Gasteiger partial charge in [-0.15, -0.1) is 0 Å². The van der Waals surface area contributed by atoms with Gasteiger partial charge >= 0.3 is 5.97 Å². The fourth-order valence-corrected chi connectivity index (χ4v) is 3.10. The molecule has 0 aliphatic heterocycles. The van der Waals surface area contributed by atoms with E-state index in [0.717, 1.165) is 36.0 Å². The molecule has 0 aromatic carbocycles. The molecule has 2 unspecified atom stereocenters. The van der Waals surface area contributed by atoms with Crippen LogP contribution >= 0.6 is 0 Å². The Morgan fingerprint density at radius 3 is 2.96 bits per heavy atom. The van der Waals surface area contributed by atoms with Crippen LogP contribution in [0.3, 0.4) is 0 Å². The second kappa shape index (κ2) is 6.54. The average Bonchev–Trinajstić information content (AvgIpc) is 3.15. The smallest absolute Gasteiger partial charge is 0.341 e. The van der Waals surface area contributed by atoms with Crippen molar-refractivity contribution >= 4 is 22.7 Å². The highest BCUT2D eigenvalue weighted by Crippen LogP contribution is 2.31. The molecule has 0 amide bonds. The van der Waals surface area contributed by atoms with E-state index in [1.807, 2.05) is 7.05 Å². The number of hydrogen-bond donors (Lipinski definition) is 1. The summed E-state index contributed by atoms with van der Waals surface area (Å²) in [5.41, 5.74) is 1.94. The molecule has 0 spiro atoms. The molecule has 2 atom stereocenters. The predicted octanol–water partition coefficient (Wildman–Crippen LogP) is 2.12. The van der Waals surface area contributed by atoms with E-state index < -0.39 is 0 Å². The highest BCUT2D eigenvalue weighted by molar-refractivity contribution is 6.04. The third-order valence-corrected chi connectivity index (χ3v) is 4.32. The number of esters is 1. The zero-order valence-corrected chi connectivity index (χ0v) is 13.7. The SMILES string of the molecule is CCOC(=O)c1cnc2c(cnn2C)c1NC1CCC(OC)C1. The van der Waals surface area contributed by atoms with Crippen LogP contribution in [-0.2, 0) is 16.5 Å². The number of anilines is 1. The van der Waals surface area contributed by atoms with Crippen LogP contribution in [0.5, 0.6) is 0 Å². The number of aromatic nitrogens is 3. The minimum absolute atomic E-state index is 0.263. The summed E-state index contributed by atoms with van der Waals surface area (Å²) in [6.07, 6.45) is 6.51. The number of methoxy groups -OCH3 is 1. The van der Waals surface area contributed by atoms with Gasteiger partial charge in [0.25, 0.3) is 0 Å². The molecule has 124 valence electrons. The summed E-state index contributed by atoms with van der Waals surface area (Å²) in [4.78, 5) is 16.6. The van der Waals surface area contributed by atoms with Crippen molar-refractivity contribution in [3.63, 3.8) is 0 Å². The van der Waals surface area contributed by atoms with E-state index in [1.54, 1.807) is 31.1 Å². The molecular formula is C16H22N4O3. The van der Waals surface area contributed by atoms with Gasteiger partial charge < -0.3 is 14.8 Å². The summed E-state index contributed by atoms with van der Waals surface area (Å²) in [6.45, 7) is 2.12. The first-order valence-electron chi connectivity index (χ1n) is 7.91. The van der Waals surface area contributed by atoms with Crippen molar-refractivity contribution in [1.82, 2.24) is 14.8 Å². The van der Waals surface area contributed by atoms with Crippen molar-refractivity contribution in [2.24, 2.45) is 7.05 Å². The number of aryl methyl sites for hydroxylation is 1. The Morgan fingerprint density at radius 2 is 2.26 bits per heavy atom.